The van der Waals surface area contributed by atoms with E-state index in [1.807, 2.05) is 0 Å². The third-order valence-electron chi connectivity index (χ3n) is 2.19. The highest BCUT2D eigenvalue weighted by Gasteiger charge is 2.42. The molecular formula is C12H6F6O5. The fraction of sp³-hybridized carbons (Fsp3) is 0.250. The van der Waals surface area contributed by atoms with Crippen molar-refractivity contribution in [1.82, 2.24) is 0 Å². The fourth-order valence-electron chi connectivity index (χ4n) is 1.23. The molecule has 0 aliphatic carbocycles. The van der Waals surface area contributed by atoms with Gasteiger partial charge in [0, 0.05) is 0 Å². The highest BCUT2D eigenvalue weighted by Crippen LogP contribution is 2.24. The van der Waals surface area contributed by atoms with E-state index < -0.39 is 48.0 Å². The first-order chi connectivity index (χ1) is 10.4. The lowest BCUT2D eigenvalue weighted by molar-refractivity contribution is -0.198. The molecule has 0 atom stereocenters. The molecular weight excluding hydrogens is 338 g/mol. The van der Waals surface area contributed by atoms with E-state index in [-0.39, 0.29) is 0 Å². The van der Waals surface area contributed by atoms with Gasteiger partial charge in [-0.25, -0.2) is 9.59 Å². The molecule has 0 N–H and O–H groups in total. The maximum atomic E-state index is 12.1. The van der Waals surface area contributed by atoms with Crippen molar-refractivity contribution in [3.8, 4) is 5.75 Å². The molecule has 1 aromatic rings. The van der Waals surface area contributed by atoms with Crippen molar-refractivity contribution in [1.29, 1.82) is 0 Å². The number of carbonyl (C=O) groups is 3. The van der Waals surface area contributed by atoms with E-state index in [1.54, 1.807) is 0 Å². The van der Waals surface area contributed by atoms with E-state index >= 15 is 0 Å². The number of esters is 2. The summed E-state index contributed by atoms with van der Waals surface area (Å²) >= 11 is 0. The number of para-hydroxylation sites is 1. The molecule has 5 nitrogen and oxygen atoms in total. The lowest BCUT2D eigenvalue weighted by Gasteiger charge is -2.11. The molecule has 0 fully saturated rings. The number of Topliss-reactive ketones (excluding diaryl/α,β-unsaturated/α-hetero) is 1. The quantitative estimate of drug-likeness (QED) is 0.363. The van der Waals surface area contributed by atoms with E-state index in [9.17, 15) is 40.7 Å². The van der Waals surface area contributed by atoms with Crippen LogP contribution in [0.4, 0.5) is 26.3 Å². The number of hydrogen-bond donors (Lipinski definition) is 0. The van der Waals surface area contributed by atoms with Crippen molar-refractivity contribution in [2.24, 2.45) is 0 Å². The minimum absolute atomic E-state index is 0.653. The third-order valence-corrected chi connectivity index (χ3v) is 2.19. The maximum Gasteiger partial charge on any atom is 0.491 e. The Bertz CT molecular complexity index is 619. The summed E-state index contributed by atoms with van der Waals surface area (Å²) in [5.74, 6) is -7.38. The number of benzene rings is 1. The zero-order valence-electron chi connectivity index (χ0n) is 10.8. The Balaban J connectivity index is 2.86. The summed E-state index contributed by atoms with van der Waals surface area (Å²) in [6.45, 7) is -1.39. The Hall–Kier alpha value is -2.59. The van der Waals surface area contributed by atoms with Crippen molar-refractivity contribution in [2.45, 2.75) is 12.4 Å². The van der Waals surface area contributed by atoms with Crippen LogP contribution in [0.5, 0.6) is 5.75 Å². The number of hydrogen-bond acceptors (Lipinski definition) is 5. The Morgan fingerprint density at radius 1 is 0.870 bits per heavy atom. The summed E-state index contributed by atoms with van der Waals surface area (Å²) in [4.78, 5) is 32.8. The van der Waals surface area contributed by atoms with Crippen LogP contribution in [0.3, 0.4) is 0 Å². The lowest BCUT2D eigenvalue weighted by Crippen LogP contribution is -2.29. The molecule has 0 bridgehead atoms. The summed E-state index contributed by atoms with van der Waals surface area (Å²) in [6, 6.07) is 3.99. The van der Waals surface area contributed by atoms with E-state index in [4.69, 9.17) is 0 Å². The number of rotatable bonds is 4. The van der Waals surface area contributed by atoms with Crippen molar-refractivity contribution < 1.29 is 50.2 Å². The van der Waals surface area contributed by atoms with Gasteiger partial charge in [-0.2, -0.15) is 26.3 Å². The standard InChI is InChI=1S/C12H6F6O5/c13-11(14,15)9(20)22-5-7(19)6-3-1-2-4-8(6)23-10(21)12(16,17)18/h1-4H,5H2. The van der Waals surface area contributed by atoms with Gasteiger partial charge in [-0.05, 0) is 12.1 Å². The van der Waals surface area contributed by atoms with Crippen LogP contribution < -0.4 is 4.74 Å². The zero-order valence-corrected chi connectivity index (χ0v) is 10.8. The van der Waals surface area contributed by atoms with E-state index in [0.717, 1.165) is 24.3 Å². The summed E-state index contributed by atoms with van der Waals surface area (Å²) in [6.07, 6.45) is -10.7. The molecule has 11 heteroatoms. The van der Waals surface area contributed by atoms with E-state index in [2.05, 4.69) is 9.47 Å². The van der Waals surface area contributed by atoms with Crippen LogP contribution in [0.15, 0.2) is 24.3 Å². The van der Waals surface area contributed by atoms with Crippen molar-refractivity contribution in [3.05, 3.63) is 29.8 Å². The van der Waals surface area contributed by atoms with Gasteiger partial charge >= 0.3 is 24.3 Å². The van der Waals surface area contributed by atoms with Crippen LogP contribution in [0, 0.1) is 0 Å². The molecule has 0 saturated carbocycles. The summed E-state index contributed by atoms with van der Waals surface area (Å²) < 4.78 is 79.6. The molecule has 23 heavy (non-hydrogen) atoms. The highest BCUT2D eigenvalue weighted by molar-refractivity contribution is 6.01. The topological polar surface area (TPSA) is 69.7 Å². The molecule has 0 heterocycles. The Morgan fingerprint density at radius 3 is 1.91 bits per heavy atom. The number of ketones is 1. The first-order valence-corrected chi connectivity index (χ1v) is 5.58. The number of ether oxygens (including phenoxy) is 2. The van der Waals surface area contributed by atoms with Crippen molar-refractivity contribution >= 4 is 17.7 Å². The normalized spacial score (nSPS) is 11.7. The summed E-state index contributed by atoms with van der Waals surface area (Å²) in [5, 5.41) is 0. The molecule has 0 aliphatic heterocycles. The average molecular weight is 344 g/mol. The van der Waals surface area contributed by atoms with Gasteiger partial charge in [0.25, 0.3) is 0 Å². The van der Waals surface area contributed by atoms with E-state index in [0.29, 0.717) is 0 Å². The molecule has 0 saturated heterocycles. The fourth-order valence-corrected chi connectivity index (χ4v) is 1.23. The molecule has 0 aromatic heterocycles. The first kappa shape index (κ1) is 18.5. The van der Waals surface area contributed by atoms with Crippen LogP contribution in [0.1, 0.15) is 10.4 Å². The number of carbonyl (C=O) groups excluding carboxylic acids is 3. The monoisotopic (exact) mass is 344 g/mol. The predicted molar refractivity (Wildman–Crippen MR) is 59.5 cm³/mol. The smallest absolute Gasteiger partial charge is 0.451 e. The SMILES string of the molecule is O=C(COC(=O)C(F)(F)F)c1ccccc1OC(=O)C(F)(F)F. The minimum atomic E-state index is -5.33. The lowest BCUT2D eigenvalue weighted by atomic mass is 10.1. The van der Waals surface area contributed by atoms with Crippen LogP contribution in [-0.2, 0) is 14.3 Å². The third kappa shape index (κ3) is 5.27. The average Bonchev–Trinajstić information content (AvgIpc) is 2.42. The molecule has 0 unspecified atom stereocenters. The Labute approximate surface area is 123 Å². The molecule has 126 valence electrons. The van der Waals surface area contributed by atoms with Gasteiger partial charge in [0.1, 0.15) is 5.75 Å². The second-order valence-corrected chi connectivity index (χ2v) is 3.88. The van der Waals surface area contributed by atoms with Crippen molar-refractivity contribution in [3.63, 3.8) is 0 Å². The second-order valence-electron chi connectivity index (χ2n) is 3.88. The Morgan fingerprint density at radius 2 is 1.39 bits per heavy atom. The van der Waals surface area contributed by atoms with Gasteiger partial charge in [-0.1, -0.05) is 12.1 Å². The van der Waals surface area contributed by atoms with Crippen LogP contribution in [0.2, 0.25) is 0 Å². The van der Waals surface area contributed by atoms with Gasteiger partial charge in [0.15, 0.2) is 6.61 Å². The molecule has 0 aliphatic rings. The van der Waals surface area contributed by atoms with Gasteiger partial charge in [-0.3, -0.25) is 4.79 Å². The Kier molecular flexibility index (Phi) is 5.35. The summed E-state index contributed by atoms with van der Waals surface area (Å²) in [5.41, 5.74) is -0.653. The molecule has 0 radical (unpaired) electrons. The van der Waals surface area contributed by atoms with Gasteiger partial charge in [0.05, 0.1) is 5.56 Å². The van der Waals surface area contributed by atoms with Crippen molar-refractivity contribution in [2.75, 3.05) is 6.61 Å². The maximum absolute atomic E-state index is 12.1. The number of alkyl halides is 6. The second kappa shape index (κ2) is 6.67. The molecule has 1 aromatic carbocycles. The first-order valence-electron chi connectivity index (χ1n) is 5.58. The van der Waals surface area contributed by atoms with Crippen LogP contribution in [-0.4, -0.2) is 36.7 Å². The van der Waals surface area contributed by atoms with Crippen LogP contribution in [0.25, 0.3) is 0 Å². The summed E-state index contributed by atoms with van der Waals surface area (Å²) in [7, 11) is 0. The van der Waals surface area contributed by atoms with Gasteiger partial charge in [0.2, 0.25) is 5.78 Å². The molecule has 0 spiro atoms. The van der Waals surface area contributed by atoms with E-state index in [1.165, 1.54) is 0 Å². The number of halogens is 6. The largest absolute Gasteiger partial charge is 0.491 e. The minimum Gasteiger partial charge on any atom is -0.451 e. The van der Waals surface area contributed by atoms with Crippen LogP contribution >= 0.6 is 0 Å². The highest BCUT2D eigenvalue weighted by atomic mass is 19.4. The predicted octanol–water partition coefficient (Wildman–Crippen LogP) is 2.44. The molecule has 0 amide bonds. The van der Waals surface area contributed by atoms with Gasteiger partial charge in [-0.15, -0.1) is 0 Å². The molecule has 1 rings (SSSR count). The van der Waals surface area contributed by atoms with Gasteiger partial charge < -0.3 is 9.47 Å². The zero-order chi connectivity index (χ0) is 17.8.